The molecule has 1 saturated carbocycles. The van der Waals surface area contributed by atoms with E-state index in [1.54, 1.807) is 25.2 Å². The zero-order valence-corrected chi connectivity index (χ0v) is 19.5. The number of hydrogen-bond donors (Lipinski definition) is 2. The number of carbonyl (C=O) groups is 1. The number of fused-ring (bicyclic) bond motifs is 1. The van der Waals surface area contributed by atoms with Crippen LogP contribution in [-0.2, 0) is 6.42 Å². The number of pyridine rings is 1. The second-order valence-electron chi connectivity index (χ2n) is 9.58. The smallest absolute Gasteiger partial charge is 0.270 e. The van der Waals surface area contributed by atoms with Gasteiger partial charge in [-0.2, -0.15) is 4.98 Å². The molecule has 174 valence electrons. The Morgan fingerprint density at radius 3 is 2.61 bits per heavy atom. The molecule has 2 fully saturated rings. The van der Waals surface area contributed by atoms with Gasteiger partial charge in [0.05, 0.1) is 0 Å². The van der Waals surface area contributed by atoms with E-state index >= 15 is 0 Å². The summed E-state index contributed by atoms with van der Waals surface area (Å²) in [6.07, 6.45) is 11.8. The fraction of sp³-hybridized carbons (Fsp3) is 0.520. The molecule has 1 amide bonds. The van der Waals surface area contributed by atoms with Crippen LogP contribution in [0.5, 0.6) is 0 Å². The Bertz CT molecular complexity index is 1110. The summed E-state index contributed by atoms with van der Waals surface area (Å²) in [4.78, 5) is 28.4. The highest BCUT2D eigenvalue weighted by atomic mass is 16.2. The van der Waals surface area contributed by atoms with Gasteiger partial charge in [0.1, 0.15) is 17.2 Å². The molecule has 1 aliphatic carbocycles. The standard InChI is InChI=1S/C25H33N7O/c1-31(2)24(33)21-14-19-16-28-25(30-23(19)32(21)20-5-3-4-6-20)29-22-8-7-18(15-27-22)13-17-9-11-26-12-10-17/h7-8,14-17,20,26H,3-6,9-13H2,1-2H3,(H,27,28,29,30). The molecule has 0 atom stereocenters. The van der Waals surface area contributed by atoms with Crippen LogP contribution in [0.1, 0.15) is 60.6 Å². The van der Waals surface area contributed by atoms with Crippen molar-refractivity contribution in [2.24, 2.45) is 5.92 Å². The first-order valence-corrected chi connectivity index (χ1v) is 12.1. The lowest BCUT2D eigenvalue weighted by molar-refractivity contribution is 0.0815. The van der Waals surface area contributed by atoms with Crippen molar-refractivity contribution in [3.05, 3.63) is 41.9 Å². The predicted octanol–water partition coefficient (Wildman–Crippen LogP) is 3.93. The summed E-state index contributed by atoms with van der Waals surface area (Å²) < 4.78 is 2.13. The number of rotatable bonds is 6. The number of hydrogen-bond acceptors (Lipinski definition) is 6. The molecule has 0 unspecified atom stereocenters. The second-order valence-corrected chi connectivity index (χ2v) is 9.58. The fourth-order valence-corrected chi connectivity index (χ4v) is 5.15. The quantitative estimate of drug-likeness (QED) is 0.595. The third kappa shape index (κ3) is 4.71. The van der Waals surface area contributed by atoms with Crippen LogP contribution < -0.4 is 10.6 Å². The molecule has 0 radical (unpaired) electrons. The van der Waals surface area contributed by atoms with Gasteiger partial charge >= 0.3 is 0 Å². The van der Waals surface area contributed by atoms with Gasteiger partial charge in [0.25, 0.3) is 5.91 Å². The molecule has 33 heavy (non-hydrogen) atoms. The first-order chi connectivity index (χ1) is 16.1. The van der Waals surface area contributed by atoms with Crippen LogP contribution >= 0.6 is 0 Å². The van der Waals surface area contributed by atoms with Crippen LogP contribution in [0.15, 0.2) is 30.6 Å². The number of amides is 1. The maximum absolute atomic E-state index is 12.9. The Balaban J connectivity index is 1.38. The molecule has 2 N–H and O–H groups in total. The zero-order valence-electron chi connectivity index (χ0n) is 19.5. The molecule has 1 aliphatic heterocycles. The van der Waals surface area contributed by atoms with Crippen molar-refractivity contribution < 1.29 is 4.79 Å². The Morgan fingerprint density at radius 1 is 1.12 bits per heavy atom. The van der Waals surface area contributed by atoms with Crippen LogP contribution in [0.2, 0.25) is 0 Å². The maximum Gasteiger partial charge on any atom is 0.270 e. The molecular formula is C25H33N7O. The van der Waals surface area contributed by atoms with E-state index in [0.29, 0.717) is 17.7 Å². The largest absolute Gasteiger partial charge is 0.343 e. The van der Waals surface area contributed by atoms with Crippen LogP contribution in [0, 0.1) is 5.92 Å². The van der Waals surface area contributed by atoms with Crippen molar-refractivity contribution in [3.8, 4) is 0 Å². The highest BCUT2D eigenvalue weighted by Gasteiger charge is 2.26. The molecule has 0 spiro atoms. The first-order valence-electron chi connectivity index (χ1n) is 12.1. The molecule has 1 saturated heterocycles. The highest BCUT2D eigenvalue weighted by molar-refractivity contribution is 5.97. The number of aromatic nitrogens is 4. The van der Waals surface area contributed by atoms with Crippen LogP contribution in [0.4, 0.5) is 11.8 Å². The van der Waals surface area contributed by atoms with E-state index in [2.05, 4.69) is 31.2 Å². The van der Waals surface area contributed by atoms with Gasteiger partial charge in [0, 0.05) is 37.9 Å². The third-order valence-electron chi connectivity index (χ3n) is 6.94. The number of nitrogens with one attached hydrogen (secondary N) is 2. The summed E-state index contributed by atoms with van der Waals surface area (Å²) in [6, 6.07) is 6.37. The number of nitrogens with zero attached hydrogens (tertiary/aromatic N) is 5. The lowest BCUT2D eigenvalue weighted by Gasteiger charge is -2.22. The molecule has 4 heterocycles. The van der Waals surface area contributed by atoms with E-state index in [1.807, 2.05) is 18.3 Å². The molecule has 8 nitrogen and oxygen atoms in total. The molecule has 5 rings (SSSR count). The van der Waals surface area contributed by atoms with Gasteiger partial charge in [0.15, 0.2) is 0 Å². The molecule has 8 heteroatoms. The maximum atomic E-state index is 12.9. The molecule has 0 bridgehead atoms. The van der Waals surface area contributed by atoms with Gasteiger partial charge in [-0.05, 0) is 68.8 Å². The Kier molecular flexibility index (Phi) is 6.26. The predicted molar refractivity (Wildman–Crippen MR) is 130 cm³/mol. The van der Waals surface area contributed by atoms with Crippen molar-refractivity contribution in [1.29, 1.82) is 0 Å². The summed E-state index contributed by atoms with van der Waals surface area (Å²) in [7, 11) is 3.58. The summed E-state index contributed by atoms with van der Waals surface area (Å²) in [5, 5.41) is 7.57. The third-order valence-corrected chi connectivity index (χ3v) is 6.94. The summed E-state index contributed by atoms with van der Waals surface area (Å²) in [5.74, 6) is 1.97. The average molecular weight is 448 g/mol. The number of anilines is 2. The summed E-state index contributed by atoms with van der Waals surface area (Å²) in [5.41, 5.74) is 2.77. The molecule has 0 aromatic carbocycles. The summed E-state index contributed by atoms with van der Waals surface area (Å²) in [6.45, 7) is 2.23. The van der Waals surface area contributed by atoms with Gasteiger partial charge in [-0.3, -0.25) is 4.79 Å². The van der Waals surface area contributed by atoms with Gasteiger partial charge in [-0.1, -0.05) is 18.9 Å². The van der Waals surface area contributed by atoms with E-state index in [4.69, 9.17) is 4.98 Å². The van der Waals surface area contributed by atoms with Crippen molar-refractivity contribution in [2.45, 2.75) is 51.0 Å². The monoisotopic (exact) mass is 447 g/mol. The number of piperidine rings is 1. The van der Waals surface area contributed by atoms with Crippen molar-refractivity contribution >= 4 is 28.7 Å². The van der Waals surface area contributed by atoms with E-state index in [0.717, 1.165) is 55.1 Å². The second kappa shape index (κ2) is 9.47. The van der Waals surface area contributed by atoms with E-state index in [9.17, 15) is 4.79 Å². The molecule has 3 aromatic rings. The van der Waals surface area contributed by atoms with E-state index in [1.165, 1.54) is 31.2 Å². The Hall–Kier alpha value is -3.00. The van der Waals surface area contributed by atoms with Crippen molar-refractivity contribution in [2.75, 3.05) is 32.5 Å². The van der Waals surface area contributed by atoms with E-state index < -0.39 is 0 Å². The lowest BCUT2D eigenvalue weighted by Crippen LogP contribution is -2.28. The molecular weight excluding hydrogens is 414 g/mol. The van der Waals surface area contributed by atoms with Crippen molar-refractivity contribution in [1.82, 2.24) is 29.7 Å². The normalized spacial score (nSPS) is 17.5. The van der Waals surface area contributed by atoms with Gasteiger partial charge in [-0.25, -0.2) is 9.97 Å². The molecule has 3 aromatic heterocycles. The highest BCUT2D eigenvalue weighted by Crippen LogP contribution is 2.35. The number of carbonyl (C=O) groups excluding carboxylic acids is 1. The SMILES string of the molecule is CN(C)C(=O)c1cc2cnc(Nc3ccc(CC4CCNCC4)cn3)nc2n1C1CCCC1. The van der Waals surface area contributed by atoms with Crippen LogP contribution in [0.3, 0.4) is 0 Å². The molecule has 2 aliphatic rings. The average Bonchev–Trinajstić information content (AvgIpc) is 3.48. The minimum atomic E-state index is 0.000381. The summed E-state index contributed by atoms with van der Waals surface area (Å²) >= 11 is 0. The Morgan fingerprint density at radius 2 is 1.91 bits per heavy atom. The first kappa shape index (κ1) is 21.8. The van der Waals surface area contributed by atoms with Gasteiger partial charge in [-0.15, -0.1) is 0 Å². The zero-order chi connectivity index (χ0) is 22.8. The van der Waals surface area contributed by atoms with Crippen LogP contribution in [0.25, 0.3) is 11.0 Å². The topological polar surface area (TPSA) is 88.0 Å². The minimum Gasteiger partial charge on any atom is -0.343 e. The minimum absolute atomic E-state index is 0.000381. The van der Waals surface area contributed by atoms with E-state index in [-0.39, 0.29) is 5.91 Å². The fourth-order valence-electron chi connectivity index (χ4n) is 5.15. The van der Waals surface area contributed by atoms with Crippen LogP contribution in [-0.4, -0.2) is 57.5 Å². The van der Waals surface area contributed by atoms with Gasteiger partial charge < -0.3 is 20.1 Å². The van der Waals surface area contributed by atoms with Gasteiger partial charge in [0.2, 0.25) is 5.95 Å². The Labute approximate surface area is 194 Å². The lowest BCUT2D eigenvalue weighted by atomic mass is 9.92. The van der Waals surface area contributed by atoms with Crippen molar-refractivity contribution in [3.63, 3.8) is 0 Å².